The number of phosphoric acid groups is 1. The molecule has 0 spiro atoms. The van der Waals surface area contributed by atoms with Crippen molar-refractivity contribution in [1.82, 2.24) is 0 Å². The van der Waals surface area contributed by atoms with Gasteiger partial charge in [-0.25, -0.2) is 4.57 Å². The van der Waals surface area contributed by atoms with Crippen molar-refractivity contribution >= 4 is 19.8 Å². The van der Waals surface area contributed by atoms with Gasteiger partial charge in [0.2, 0.25) is 0 Å². The highest BCUT2D eigenvalue weighted by Crippen LogP contribution is 2.43. The third-order valence-corrected chi connectivity index (χ3v) is 9.27. The molecule has 4 N–H and O–H groups in total. The van der Waals surface area contributed by atoms with E-state index in [1.54, 1.807) is 24.3 Å². The van der Waals surface area contributed by atoms with Gasteiger partial charge in [-0.2, -0.15) is 0 Å². The van der Waals surface area contributed by atoms with Gasteiger partial charge in [0.15, 0.2) is 6.10 Å². The molecule has 0 aromatic carbocycles. The molecule has 0 aliphatic heterocycles. The molecule has 11 nitrogen and oxygen atoms in total. The molecular formula is C46H75O11P. The van der Waals surface area contributed by atoms with Crippen molar-refractivity contribution in [2.75, 3.05) is 26.4 Å². The predicted octanol–water partition coefficient (Wildman–Crippen LogP) is 10.2. The number of carbonyl (C=O) groups is 2. The zero-order chi connectivity index (χ0) is 42.8. The average Bonchev–Trinajstić information content (AvgIpc) is 3.21. The molecule has 0 saturated carbocycles. The van der Waals surface area contributed by atoms with Crippen molar-refractivity contribution in [2.45, 2.75) is 154 Å². The van der Waals surface area contributed by atoms with E-state index >= 15 is 0 Å². The van der Waals surface area contributed by atoms with Crippen LogP contribution in [0.4, 0.5) is 0 Å². The molecule has 0 amide bonds. The Balaban J connectivity index is 4.58. The maximum absolute atomic E-state index is 12.6. The average molecular weight is 835 g/mol. The zero-order valence-electron chi connectivity index (χ0n) is 35.3. The quantitative estimate of drug-likeness (QED) is 0.0154. The van der Waals surface area contributed by atoms with Crippen molar-refractivity contribution in [1.29, 1.82) is 0 Å². The van der Waals surface area contributed by atoms with E-state index in [1.165, 1.54) is 19.3 Å². The Morgan fingerprint density at radius 2 is 1.17 bits per heavy atom. The summed E-state index contributed by atoms with van der Waals surface area (Å²) in [7, 11) is -4.68. The Bertz CT molecular complexity index is 1300. The lowest BCUT2D eigenvalue weighted by atomic mass is 10.1. The number of aliphatic hydroxyl groups is 3. The fourth-order valence-corrected chi connectivity index (χ4v) is 5.80. The van der Waals surface area contributed by atoms with Crippen molar-refractivity contribution in [3.8, 4) is 0 Å². The Kier molecular flexibility index (Phi) is 38.4. The molecule has 0 saturated heterocycles. The van der Waals surface area contributed by atoms with Crippen LogP contribution in [0.15, 0.2) is 97.2 Å². The monoisotopic (exact) mass is 835 g/mol. The number of hydrogen-bond acceptors (Lipinski definition) is 10. The normalized spacial score (nSPS) is 15.3. The first-order valence-electron chi connectivity index (χ1n) is 21.3. The van der Waals surface area contributed by atoms with Gasteiger partial charge < -0.3 is 29.7 Å². The molecule has 0 aromatic rings. The van der Waals surface area contributed by atoms with Gasteiger partial charge in [0.1, 0.15) is 12.7 Å². The highest BCUT2D eigenvalue weighted by atomic mass is 31.2. The summed E-state index contributed by atoms with van der Waals surface area (Å²) in [5.41, 5.74) is 0. The lowest BCUT2D eigenvalue weighted by Crippen LogP contribution is -2.29. The predicted molar refractivity (Wildman–Crippen MR) is 234 cm³/mol. The van der Waals surface area contributed by atoms with Gasteiger partial charge in [0, 0.05) is 12.8 Å². The van der Waals surface area contributed by atoms with E-state index in [0.29, 0.717) is 19.3 Å². The molecule has 0 rings (SSSR count). The van der Waals surface area contributed by atoms with E-state index in [2.05, 4.69) is 79.1 Å². The third kappa shape index (κ3) is 39.7. The van der Waals surface area contributed by atoms with Crippen LogP contribution in [0.25, 0.3) is 0 Å². The number of esters is 2. The molecule has 330 valence electrons. The second-order valence-electron chi connectivity index (χ2n) is 13.8. The van der Waals surface area contributed by atoms with Crippen LogP contribution in [-0.4, -0.2) is 76.9 Å². The molecule has 0 fully saturated rings. The molecular weight excluding hydrogens is 759 g/mol. The summed E-state index contributed by atoms with van der Waals surface area (Å²) < 4.78 is 32.5. The minimum Gasteiger partial charge on any atom is -0.462 e. The van der Waals surface area contributed by atoms with Gasteiger partial charge in [0.25, 0.3) is 0 Å². The minimum atomic E-state index is -4.68. The van der Waals surface area contributed by atoms with Gasteiger partial charge in [-0.05, 0) is 77.0 Å². The van der Waals surface area contributed by atoms with Gasteiger partial charge in [-0.15, -0.1) is 0 Å². The standard InChI is InChI=1S/C46H75O11P/c1-3-5-7-9-11-13-15-17-18-20-22-24-26-28-32-36-45(50)54-40-44(41-56-58(52,53)55-39-43(49)38-47)57-46(51)37-33-29-31-35-42(48)34-30-27-25-23-21-19-16-14-12-10-8-6-4-2/h6,8,11-14,17-19,21,25,27,29-31,34,42-44,47-49H,3-5,7,9-10,15-16,20,22-24,26,28,32-33,35-41H2,1-2H3,(H,52,53)/b8-6-,13-11-,14-12-,18-17-,21-19-,27-25-,31-29-,34-30-/t42?,43-,44+/m0/s1. The van der Waals surface area contributed by atoms with Crippen LogP contribution < -0.4 is 0 Å². The van der Waals surface area contributed by atoms with Crippen molar-refractivity contribution in [3.05, 3.63) is 97.2 Å². The number of phosphoric ester groups is 1. The van der Waals surface area contributed by atoms with Crippen LogP contribution in [0.5, 0.6) is 0 Å². The molecule has 12 heteroatoms. The lowest BCUT2D eigenvalue weighted by Gasteiger charge is -2.20. The first-order chi connectivity index (χ1) is 28.1. The molecule has 0 aliphatic carbocycles. The second-order valence-corrected chi connectivity index (χ2v) is 15.3. The smallest absolute Gasteiger partial charge is 0.462 e. The number of unbranched alkanes of at least 4 members (excludes halogenated alkanes) is 8. The highest BCUT2D eigenvalue weighted by Gasteiger charge is 2.27. The van der Waals surface area contributed by atoms with Gasteiger partial charge in [-0.1, -0.05) is 143 Å². The van der Waals surface area contributed by atoms with E-state index < -0.39 is 64.5 Å². The summed E-state index contributed by atoms with van der Waals surface area (Å²) in [6.07, 6.45) is 45.5. The maximum Gasteiger partial charge on any atom is 0.472 e. The largest absolute Gasteiger partial charge is 0.472 e. The van der Waals surface area contributed by atoms with E-state index in [9.17, 15) is 29.3 Å². The highest BCUT2D eigenvalue weighted by molar-refractivity contribution is 7.47. The SMILES string of the molecule is CC/C=C\C/C=C\C/C=C\C/C=C\C=C/C(O)C/C=C\CCC(=O)O[C@H](COC(=O)CCCCCCC/C=C\C/C=C\CCCCC)COP(=O)(O)OC[C@@H](O)CO. The lowest BCUT2D eigenvalue weighted by molar-refractivity contribution is -0.161. The number of rotatable bonds is 38. The summed E-state index contributed by atoms with van der Waals surface area (Å²) in [4.78, 5) is 35.0. The maximum atomic E-state index is 12.6. The fourth-order valence-electron chi connectivity index (χ4n) is 5.01. The number of ether oxygens (including phenoxy) is 2. The van der Waals surface area contributed by atoms with Crippen LogP contribution in [0.3, 0.4) is 0 Å². The minimum absolute atomic E-state index is 0.0310. The molecule has 0 radical (unpaired) electrons. The van der Waals surface area contributed by atoms with Gasteiger partial charge >= 0.3 is 19.8 Å². The van der Waals surface area contributed by atoms with Crippen molar-refractivity contribution < 1.29 is 52.9 Å². The van der Waals surface area contributed by atoms with Crippen LogP contribution in [0, 0.1) is 0 Å². The molecule has 4 atom stereocenters. The number of aliphatic hydroxyl groups excluding tert-OH is 3. The van der Waals surface area contributed by atoms with Crippen molar-refractivity contribution in [3.63, 3.8) is 0 Å². The fraction of sp³-hybridized carbons (Fsp3) is 0.609. The molecule has 0 heterocycles. The van der Waals surface area contributed by atoms with Crippen LogP contribution in [0.2, 0.25) is 0 Å². The summed E-state index contributed by atoms with van der Waals surface area (Å²) in [6, 6.07) is 0. The van der Waals surface area contributed by atoms with Crippen LogP contribution in [0.1, 0.15) is 136 Å². The van der Waals surface area contributed by atoms with Crippen molar-refractivity contribution in [2.24, 2.45) is 0 Å². The Morgan fingerprint density at radius 1 is 0.603 bits per heavy atom. The Morgan fingerprint density at radius 3 is 1.83 bits per heavy atom. The molecule has 2 unspecified atom stereocenters. The van der Waals surface area contributed by atoms with E-state index in [4.69, 9.17) is 19.1 Å². The van der Waals surface area contributed by atoms with Gasteiger partial charge in [-0.3, -0.25) is 18.6 Å². The molecule has 0 bridgehead atoms. The Labute approximate surface area is 349 Å². The zero-order valence-corrected chi connectivity index (χ0v) is 36.2. The van der Waals surface area contributed by atoms with Crippen LogP contribution in [-0.2, 0) is 32.7 Å². The molecule has 58 heavy (non-hydrogen) atoms. The Hall–Kier alpha value is -3.15. The topological polar surface area (TPSA) is 169 Å². The van der Waals surface area contributed by atoms with Crippen LogP contribution >= 0.6 is 7.82 Å². The summed E-state index contributed by atoms with van der Waals surface area (Å²) >= 11 is 0. The number of carbonyl (C=O) groups excluding carboxylic acids is 2. The second kappa shape index (κ2) is 40.6. The third-order valence-electron chi connectivity index (χ3n) is 8.32. The van der Waals surface area contributed by atoms with E-state index in [0.717, 1.165) is 70.6 Å². The summed E-state index contributed by atoms with van der Waals surface area (Å²) in [6.45, 7) is 1.99. The van der Waals surface area contributed by atoms with E-state index in [1.807, 2.05) is 12.2 Å². The van der Waals surface area contributed by atoms with Gasteiger partial charge in [0.05, 0.1) is 25.9 Å². The number of allylic oxidation sites excluding steroid dienone is 14. The summed E-state index contributed by atoms with van der Waals surface area (Å²) in [5.74, 6) is -1.13. The number of hydrogen-bond donors (Lipinski definition) is 4. The molecule has 0 aliphatic rings. The molecule has 0 aromatic heterocycles. The summed E-state index contributed by atoms with van der Waals surface area (Å²) in [5, 5.41) is 28.5. The first kappa shape index (κ1) is 54.9. The first-order valence-corrected chi connectivity index (χ1v) is 22.8. The van der Waals surface area contributed by atoms with E-state index in [-0.39, 0.29) is 12.8 Å².